The van der Waals surface area contributed by atoms with E-state index in [-0.39, 0.29) is 5.82 Å². The van der Waals surface area contributed by atoms with E-state index in [9.17, 15) is 4.39 Å². The molecule has 0 aliphatic carbocycles. The first-order chi connectivity index (χ1) is 9.61. The maximum Gasteiger partial charge on any atom is 0.131 e. The zero-order valence-corrected chi connectivity index (χ0v) is 12.5. The molecule has 1 nitrogen and oxygen atoms in total. The first-order valence-corrected chi connectivity index (χ1v) is 7.18. The number of benzene rings is 2. The van der Waals surface area contributed by atoms with E-state index in [2.05, 4.69) is 24.4 Å². The largest absolute Gasteiger partial charge is 0.313 e. The van der Waals surface area contributed by atoms with Crippen LogP contribution in [0, 0.1) is 19.7 Å². The number of hydrogen-bond donors (Lipinski definition) is 1. The lowest BCUT2D eigenvalue weighted by Crippen LogP contribution is -2.13. The third kappa shape index (κ3) is 3.45. The molecule has 2 heteroatoms. The van der Waals surface area contributed by atoms with Gasteiger partial charge in [0.1, 0.15) is 5.82 Å². The van der Waals surface area contributed by atoms with Crippen LogP contribution in [0.4, 0.5) is 4.39 Å². The Balaban J connectivity index is 2.27. The Morgan fingerprint density at radius 2 is 1.80 bits per heavy atom. The van der Waals surface area contributed by atoms with Crippen LogP contribution in [0.5, 0.6) is 0 Å². The molecule has 2 rings (SSSR count). The quantitative estimate of drug-likeness (QED) is 0.783. The molecular formula is C18H22FN. The van der Waals surface area contributed by atoms with Crippen LogP contribution in [0.15, 0.2) is 36.4 Å². The number of halogens is 1. The van der Waals surface area contributed by atoms with Crippen molar-refractivity contribution in [1.29, 1.82) is 0 Å². The molecule has 106 valence electrons. The zero-order valence-electron chi connectivity index (χ0n) is 12.5. The van der Waals surface area contributed by atoms with Gasteiger partial charge < -0.3 is 5.32 Å². The summed E-state index contributed by atoms with van der Waals surface area (Å²) in [5.74, 6) is -0.157. The first kappa shape index (κ1) is 14.7. The average molecular weight is 271 g/mol. The summed E-state index contributed by atoms with van der Waals surface area (Å²) in [6.07, 6.45) is 1.13. The topological polar surface area (TPSA) is 12.0 Å². The average Bonchev–Trinajstić information content (AvgIpc) is 2.42. The van der Waals surface area contributed by atoms with Gasteiger partial charge in [0.2, 0.25) is 0 Å². The van der Waals surface area contributed by atoms with Crippen molar-refractivity contribution < 1.29 is 4.39 Å². The van der Waals surface area contributed by atoms with Gasteiger partial charge in [0.15, 0.2) is 0 Å². The Bertz CT molecular complexity index is 590. The van der Waals surface area contributed by atoms with Gasteiger partial charge in [-0.3, -0.25) is 0 Å². The second-order valence-electron chi connectivity index (χ2n) is 5.31. The van der Waals surface area contributed by atoms with Gasteiger partial charge in [0, 0.05) is 12.1 Å². The lowest BCUT2D eigenvalue weighted by molar-refractivity contribution is 0.630. The number of aryl methyl sites for hydroxylation is 2. The Labute approximate surface area is 120 Å². The highest BCUT2D eigenvalue weighted by Gasteiger charge is 2.08. The summed E-state index contributed by atoms with van der Waals surface area (Å²) in [7, 11) is 0. The number of hydrogen-bond acceptors (Lipinski definition) is 1. The Hall–Kier alpha value is -1.67. The molecule has 0 radical (unpaired) electrons. The van der Waals surface area contributed by atoms with Crippen molar-refractivity contribution in [3.8, 4) is 11.1 Å². The zero-order chi connectivity index (χ0) is 14.5. The van der Waals surface area contributed by atoms with Gasteiger partial charge in [-0.15, -0.1) is 0 Å². The van der Waals surface area contributed by atoms with Gasteiger partial charge in [-0.05, 0) is 55.6 Å². The second-order valence-corrected chi connectivity index (χ2v) is 5.31. The normalized spacial score (nSPS) is 10.8. The summed E-state index contributed by atoms with van der Waals surface area (Å²) in [6.45, 7) is 8.07. The van der Waals surface area contributed by atoms with Gasteiger partial charge >= 0.3 is 0 Å². The molecule has 1 N–H and O–H groups in total. The van der Waals surface area contributed by atoms with Crippen LogP contribution >= 0.6 is 0 Å². The Morgan fingerprint density at radius 3 is 2.50 bits per heavy atom. The molecule has 0 spiro atoms. The lowest BCUT2D eigenvalue weighted by Gasteiger charge is -2.11. The van der Waals surface area contributed by atoms with E-state index >= 15 is 0 Å². The van der Waals surface area contributed by atoms with Gasteiger partial charge in [-0.1, -0.05) is 36.8 Å². The van der Waals surface area contributed by atoms with E-state index in [0.717, 1.165) is 36.2 Å². The van der Waals surface area contributed by atoms with Crippen molar-refractivity contribution in [2.75, 3.05) is 6.54 Å². The summed E-state index contributed by atoms with van der Waals surface area (Å²) in [4.78, 5) is 0. The minimum absolute atomic E-state index is 0.157. The fourth-order valence-corrected chi connectivity index (χ4v) is 2.39. The van der Waals surface area contributed by atoms with E-state index in [1.165, 1.54) is 5.56 Å². The summed E-state index contributed by atoms with van der Waals surface area (Å²) >= 11 is 0. The third-order valence-electron chi connectivity index (χ3n) is 3.46. The molecular weight excluding hydrogens is 249 g/mol. The molecule has 0 aliphatic rings. The molecule has 0 fully saturated rings. The minimum atomic E-state index is -0.157. The molecule has 0 aliphatic heterocycles. The smallest absolute Gasteiger partial charge is 0.131 e. The highest BCUT2D eigenvalue weighted by Crippen LogP contribution is 2.27. The lowest BCUT2D eigenvalue weighted by atomic mass is 9.97. The molecule has 0 saturated carbocycles. The fourth-order valence-electron chi connectivity index (χ4n) is 2.39. The van der Waals surface area contributed by atoms with Crippen molar-refractivity contribution in [3.05, 3.63) is 58.9 Å². The van der Waals surface area contributed by atoms with Crippen LogP contribution in [-0.2, 0) is 6.54 Å². The highest BCUT2D eigenvalue weighted by molar-refractivity contribution is 5.68. The molecule has 0 bridgehead atoms. The minimum Gasteiger partial charge on any atom is -0.313 e. The molecule has 2 aromatic carbocycles. The Morgan fingerprint density at radius 1 is 1.00 bits per heavy atom. The predicted octanol–water partition coefficient (Wildman–Crippen LogP) is 4.61. The van der Waals surface area contributed by atoms with Crippen molar-refractivity contribution in [3.63, 3.8) is 0 Å². The van der Waals surface area contributed by atoms with Crippen molar-refractivity contribution >= 4 is 0 Å². The number of nitrogens with one attached hydrogen (secondary N) is 1. The number of rotatable bonds is 5. The van der Waals surface area contributed by atoms with E-state index in [4.69, 9.17) is 0 Å². The van der Waals surface area contributed by atoms with Crippen molar-refractivity contribution in [2.45, 2.75) is 33.7 Å². The van der Waals surface area contributed by atoms with Crippen LogP contribution in [0.25, 0.3) is 11.1 Å². The van der Waals surface area contributed by atoms with Gasteiger partial charge in [-0.2, -0.15) is 0 Å². The van der Waals surface area contributed by atoms with Crippen LogP contribution in [-0.4, -0.2) is 6.54 Å². The fraction of sp³-hybridized carbons (Fsp3) is 0.333. The third-order valence-corrected chi connectivity index (χ3v) is 3.46. The van der Waals surface area contributed by atoms with E-state index in [1.54, 1.807) is 12.1 Å². The van der Waals surface area contributed by atoms with Crippen LogP contribution in [0.1, 0.15) is 30.0 Å². The molecule has 0 amide bonds. The maximum atomic E-state index is 14.0. The molecule has 20 heavy (non-hydrogen) atoms. The molecule has 0 heterocycles. The van der Waals surface area contributed by atoms with Crippen LogP contribution in [0.2, 0.25) is 0 Å². The maximum absolute atomic E-state index is 14.0. The monoisotopic (exact) mass is 271 g/mol. The van der Waals surface area contributed by atoms with Crippen LogP contribution < -0.4 is 5.32 Å². The van der Waals surface area contributed by atoms with Crippen molar-refractivity contribution in [1.82, 2.24) is 5.32 Å². The summed E-state index contributed by atoms with van der Waals surface area (Å²) in [5.41, 5.74) is 5.11. The van der Waals surface area contributed by atoms with Crippen molar-refractivity contribution in [2.24, 2.45) is 0 Å². The molecule has 0 unspecified atom stereocenters. The van der Waals surface area contributed by atoms with E-state index in [1.807, 2.05) is 26.0 Å². The van der Waals surface area contributed by atoms with Gasteiger partial charge in [-0.25, -0.2) is 4.39 Å². The first-order valence-electron chi connectivity index (χ1n) is 7.18. The second kappa shape index (κ2) is 6.67. The summed E-state index contributed by atoms with van der Waals surface area (Å²) in [6, 6.07) is 11.5. The van der Waals surface area contributed by atoms with E-state index < -0.39 is 0 Å². The van der Waals surface area contributed by atoms with Gasteiger partial charge in [0.25, 0.3) is 0 Å². The standard InChI is InChI=1S/C18H22FN/c1-4-9-20-12-15-6-7-16(14(3)11-15)17-10-13(2)5-8-18(17)19/h5-8,10-11,20H,4,9,12H2,1-3H3. The Kier molecular flexibility index (Phi) is 4.91. The highest BCUT2D eigenvalue weighted by atomic mass is 19.1. The van der Waals surface area contributed by atoms with Crippen LogP contribution in [0.3, 0.4) is 0 Å². The molecule has 2 aromatic rings. The van der Waals surface area contributed by atoms with Gasteiger partial charge in [0.05, 0.1) is 0 Å². The molecule has 0 atom stereocenters. The molecule has 0 saturated heterocycles. The summed E-state index contributed by atoms with van der Waals surface area (Å²) < 4.78 is 14.0. The summed E-state index contributed by atoms with van der Waals surface area (Å²) in [5, 5.41) is 3.38. The SMILES string of the molecule is CCCNCc1ccc(-c2cc(C)ccc2F)c(C)c1. The molecule has 0 aromatic heterocycles. The van der Waals surface area contributed by atoms with E-state index in [0.29, 0.717) is 5.56 Å². The predicted molar refractivity (Wildman–Crippen MR) is 83.3 cm³/mol.